The average molecular weight is 301 g/mol. The number of hydrogen-bond donors (Lipinski definition) is 1. The molecule has 124 valence electrons. The maximum Gasteiger partial charge on any atom is 0.326 e. The molecule has 0 bridgehead atoms. The monoisotopic (exact) mass is 301 g/mol. The SMILES string of the molecule is CCOCCOCCCCC(C)(NC1CC1)C(=O)OCC. The van der Waals surface area contributed by atoms with Gasteiger partial charge in [-0.1, -0.05) is 0 Å². The molecule has 0 radical (unpaired) electrons. The first-order valence-corrected chi connectivity index (χ1v) is 8.22. The Morgan fingerprint density at radius 1 is 1.10 bits per heavy atom. The van der Waals surface area contributed by atoms with E-state index in [1.165, 1.54) is 0 Å². The lowest BCUT2D eigenvalue weighted by molar-refractivity contribution is -0.151. The van der Waals surface area contributed by atoms with Crippen molar-refractivity contribution in [2.45, 2.75) is 64.5 Å². The molecule has 1 saturated carbocycles. The summed E-state index contributed by atoms with van der Waals surface area (Å²) in [5.41, 5.74) is -0.553. The third-order valence-corrected chi connectivity index (χ3v) is 3.62. The highest BCUT2D eigenvalue weighted by Gasteiger charge is 2.38. The van der Waals surface area contributed by atoms with Crippen molar-refractivity contribution >= 4 is 5.97 Å². The molecular formula is C16H31NO4. The zero-order valence-electron chi connectivity index (χ0n) is 13.8. The summed E-state index contributed by atoms with van der Waals surface area (Å²) in [5.74, 6) is -0.130. The number of esters is 1. The summed E-state index contributed by atoms with van der Waals surface area (Å²) in [6.07, 6.45) is 5.01. The van der Waals surface area contributed by atoms with Gasteiger partial charge in [0, 0.05) is 19.3 Å². The van der Waals surface area contributed by atoms with Crippen molar-refractivity contribution in [3.8, 4) is 0 Å². The van der Waals surface area contributed by atoms with E-state index < -0.39 is 5.54 Å². The molecule has 0 heterocycles. The summed E-state index contributed by atoms with van der Waals surface area (Å²) < 4.78 is 15.9. The Hall–Kier alpha value is -0.650. The minimum atomic E-state index is -0.553. The van der Waals surface area contributed by atoms with Gasteiger partial charge in [0.25, 0.3) is 0 Å². The van der Waals surface area contributed by atoms with Gasteiger partial charge < -0.3 is 14.2 Å². The molecule has 0 aromatic carbocycles. The lowest BCUT2D eigenvalue weighted by Crippen LogP contribution is -2.51. The van der Waals surface area contributed by atoms with Crippen molar-refractivity contribution in [1.29, 1.82) is 0 Å². The van der Waals surface area contributed by atoms with Crippen LogP contribution in [-0.4, -0.2) is 50.6 Å². The van der Waals surface area contributed by atoms with Crippen LogP contribution >= 0.6 is 0 Å². The van der Waals surface area contributed by atoms with Crippen LogP contribution in [0.3, 0.4) is 0 Å². The Bertz CT molecular complexity index is 294. The second-order valence-electron chi connectivity index (χ2n) is 5.74. The van der Waals surface area contributed by atoms with E-state index in [1.54, 1.807) is 0 Å². The van der Waals surface area contributed by atoms with Crippen molar-refractivity contribution in [1.82, 2.24) is 5.32 Å². The quantitative estimate of drug-likeness (QED) is 0.418. The van der Waals surface area contributed by atoms with E-state index in [4.69, 9.17) is 14.2 Å². The largest absolute Gasteiger partial charge is 0.465 e. The first-order chi connectivity index (χ1) is 10.1. The Morgan fingerprint density at radius 2 is 1.81 bits per heavy atom. The van der Waals surface area contributed by atoms with Gasteiger partial charge in [-0.25, -0.2) is 0 Å². The summed E-state index contributed by atoms with van der Waals surface area (Å²) in [6, 6.07) is 0.488. The molecule has 0 aromatic heterocycles. The fourth-order valence-electron chi connectivity index (χ4n) is 2.25. The normalized spacial score (nSPS) is 17.5. The summed E-state index contributed by atoms with van der Waals surface area (Å²) >= 11 is 0. The minimum Gasteiger partial charge on any atom is -0.465 e. The van der Waals surface area contributed by atoms with Gasteiger partial charge in [0.2, 0.25) is 0 Å². The molecule has 0 saturated heterocycles. The number of hydrogen-bond acceptors (Lipinski definition) is 5. The highest BCUT2D eigenvalue weighted by atomic mass is 16.5. The van der Waals surface area contributed by atoms with E-state index in [-0.39, 0.29) is 5.97 Å². The van der Waals surface area contributed by atoms with Crippen molar-refractivity contribution in [2.24, 2.45) is 0 Å². The topological polar surface area (TPSA) is 56.8 Å². The van der Waals surface area contributed by atoms with Crippen LogP contribution in [0.15, 0.2) is 0 Å². The van der Waals surface area contributed by atoms with Crippen LogP contribution < -0.4 is 5.32 Å². The van der Waals surface area contributed by atoms with Crippen LogP contribution in [0.25, 0.3) is 0 Å². The molecular weight excluding hydrogens is 270 g/mol. The molecule has 1 unspecified atom stereocenters. The number of unbranched alkanes of at least 4 members (excludes halogenated alkanes) is 1. The summed E-state index contributed by atoms with van der Waals surface area (Å²) in [5, 5.41) is 3.44. The summed E-state index contributed by atoms with van der Waals surface area (Å²) in [7, 11) is 0. The van der Waals surface area contributed by atoms with Gasteiger partial charge in [-0.2, -0.15) is 0 Å². The summed E-state index contributed by atoms with van der Waals surface area (Å²) in [6.45, 7) is 8.96. The predicted octanol–water partition coefficient (Wildman–Crippen LogP) is 2.28. The maximum atomic E-state index is 12.1. The van der Waals surface area contributed by atoms with E-state index in [0.717, 1.165) is 45.3 Å². The van der Waals surface area contributed by atoms with Crippen molar-refractivity contribution in [3.63, 3.8) is 0 Å². The second kappa shape index (κ2) is 10.1. The van der Waals surface area contributed by atoms with Gasteiger partial charge in [0.05, 0.1) is 19.8 Å². The maximum absolute atomic E-state index is 12.1. The summed E-state index contributed by atoms with van der Waals surface area (Å²) in [4.78, 5) is 12.1. The number of nitrogens with one attached hydrogen (secondary N) is 1. The Morgan fingerprint density at radius 3 is 2.43 bits per heavy atom. The molecule has 1 aliphatic carbocycles. The van der Waals surface area contributed by atoms with E-state index >= 15 is 0 Å². The van der Waals surface area contributed by atoms with Crippen LogP contribution in [0.1, 0.15) is 52.9 Å². The Kier molecular flexibility index (Phi) is 8.88. The zero-order valence-corrected chi connectivity index (χ0v) is 13.8. The number of carbonyl (C=O) groups is 1. The van der Waals surface area contributed by atoms with Gasteiger partial charge in [-0.05, 0) is 52.9 Å². The zero-order chi connectivity index (χ0) is 15.6. The van der Waals surface area contributed by atoms with Crippen LogP contribution in [0.2, 0.25) is 0 Å². The molecule has 1 N–H and O–H groups in total. The fourth-order valence-corrected chi connectivity index (χ4v) is 2.25. The third-order valence-electron chi connectivity index (χ3n) is 3.62. The Labute approximate surface area is 128 Å². The van der Waals surface area contributed by atoms with E-state index in [1.807, 2.05) is 20.8 Å². The smallest absolute Gasteiger partial charge is 0.326 e. The average Bonchev–Trinajstić information content (AvgIpc) is 3.26. The van der Waals surface area contributed by atoms with Crippen LogP contribution in [0.4, 0.5) is 0 Å². The Balaban J connectivity index is 2.18. The first kappa shape index (κ1) is 18.4. The molecule has 0 amide bonds. The molecule has 0 spiro atoms. The van der Waals surface area contributed by atoms with Gasteiger partial charge in [0.1, 0.15) is 5.54 Å². The molecule has 0 aliphatic heterocycles. The van der Waals surface area contributed by atoms with Crippen LogP contribution in [0.5, 0.6) is 0 Å². The van der Waals surface area contributed by atoms with E-state index in [0.29, 0.717) is 25.9 Å². The lowest BCUT2D eigenvalue weighted by Gasteiger charge is -2.28. The van der Waals surface area contributed by atoms with Crippen molar-refractivity contribution in [2.75, 3.05) is 33.0 Å². The lowest BCUT2D eigenvalue weighted by atomic mass is 9.94. The molecule has 1 fully saturated rings. The first-order valence-electron chi connectivity index (χ1n) is 8.22. The fraction of sp³-hybridized carbons (Fsp3) is 0.938. The van der Waals surface area contributed by atoms with Crippen LogP contribution in [-0.2, 0) is 19.0 Å². The molecule has 1 atom stereocenters. The molecule has 5 heteroatoms. The number of ether oxygens (including phenoxy) is 3. The number of rotatable bonds is 13. The van der Waals surface area contributed by atoms with Gasteiger partial charge in [-0.3, -0.25) is 10.1 Å². The highest BCUT2D eigenvalue weighted by Crippen LogP contribution is 2.26. The second-order valence-corrected chi connectivity index (χ2v) is 5.74. The van der Waals surface area contributed by atoms with Gasteiger partial charge in [0.15, 0.2) is 0 Å². The van der Waals surface area contributed by atoms with Gasteiger partial charge >= 0.3 is 5.97 Å². The van der Waals surface area contributed by atoms with Gasteiger partial charge in [-0.15, -0.1) is 0 Å². The van der Waals surface area contributed by atoms with Crippen LogP contribution in [0, 0.1) is 0 Å². The molecule has 0 aromatic rings. The van der Waals surface area contributed by atoms with E-state index in [9.17, 15) is 4.79 Å². The molecule has 5 nitrogen and oxygen atoms in total. The van der Waals surface area contributed by atoms with E-state index in [2.05, 4.69) is 5.32 Å². The number of carbonyl (C=O) groups excluding carboxylic acids is 1. The van der Waals surface area contributed by atoms with Crippen molar-refractivity contribution < 1.29 is 19.0 Å². The molecule has 1 rings (SSSR count). The molecule has 21 heavy (non-hydrogen) atoms. The third kappa shape index (κ3) is 7.79. The highest BCUT2D eigenvalue weighted by molar-refractivity contribution is 5.80. The van der Waals surface area contributed by atoms with Crippen molar-refractivity contribution in [3.05, 3.63) is 0 Å². The predicted molar refractivity (Wildman–Crippen MR) is 82.4 cm³/mol. The molecule has 1 aliphatic rings. The minimum absolute atomic E-state index is 0.130. The standard InChI is InChI=1S/C16H31NO4/c1-4-19-12-13-20-11-7-6-10-16(3,15(18)21-5-2)17-14-8-9-14/h14,17H,4-13H2,1-3H3.